The third-order valence-corrected chi connectivity index (χ3v) is 13.1. The minimum absolute atomic E-state index is 0.207. The minimum atomic E-state index is -1.85. The Morgan fingerprint density at radius 2 is 0.828 bits per heavy atom. The number of thioether (sulfide) groups is 1. The molecule has 0 unspecified atom stereocenters. The van der Waals surface area contributed by atoms with Crippen LogP contribution in [0.1, 0.15) is 12.8 Å². The average Bonchev–Trinajstić information content (AvgIpc) is 3.58. The molecule has 1 aliphatic rings. The van der Waals surface area contributed by atoms with Crippen molar-refractivity contribution in [2.45, 2.75) is 22.2 Å². The zero-order valence-corrected chi connectivity index (χ0v) is 18.0. The maximum Gasteiger partial charge on any atom is 0.143 e. The largest absolute Gasteiger partial charge is 0.143 e. The van der Waals surface area contributed by atoms with Crippen LogP contribution < -0.4 is 15.9 Å². The Bertz CT molecular complexity index is 962. The highest BCUT2D eigenvalue weighted by atomic mass is 32.2. The monoisotopic (exact) mass is 411 g/mol. The summed E-state index contributed by atoms with van der Waals surface area (Å²) in [7, 11) is -1.85. The Balaban J connectivity index is 1.79. The molecule has 0 N–H and O–H groups in total. The van der Waals surface area contributed by atoms with E-state index in [1.807, 2.05) is 0 Å². The molecule has 5 rings (SSSR count). The highest BCUT2D eigenvalue weighted by Gasteiger charge is 2.70. The van der Waals surface area contributed by atoms with Crippen molar-refractivity contribution in [2.75, 3.05) is 0 Å². The van der Waals surface area contributed by atoms with Gasteiger partial charge in [0.25, 0.3) is 0 Å². The average molecular weight is 412 g/mol. The molecular weight excluding hydrogens is 387 g/mol. The van der Waals surface area contributed by atoms with Crippen LogP contribution in [-0.2, 0) is 0 Å². The summed E-state index contributed by atoms with van der Waals surface area (Å²) in [5.74, 6) is 0. The summed E-state index contributed by atoms with van der Waals surface area (Å²) in [6.07, 6.45) is 2.50. The van der Waals surface area contributed by atoms with Crippen LogP contribution in [0.3, 0.4) is 0 Å². The molecular formula is C27H24PS+. The van der Waals surface area contributed by atoms with E-state index < -0.39 is 7.26 Å². The van der Waals surface area contributed by atoms with Crippen LogP contribution in [0.25, 0.3) is 0 Å². The first-order valence-corrected chi connectivity index (χ1v) is 12.8. The molecule has 0 aliphatic heterocycles. The summed E-state index contributed by atoms with van der Waals surface area (Å²) in [5, 5.41) is 4.45. The Kier molecular flexibility index (Phi) is 5.04. The van der Waals surface area contributed by atoms with Crippen molar-refractivity contribution in [3.05, 3.63) is 121 Å². The smallest absolute Gasteiger partial charge is 0.0776 e. The minimum Gasteiger partial charge on any atom is -0.0776 e. The van der Waals surface area contributed by atoms with E-state index in [1.54, 1.807) is 0 Å². The second kappa shape index (κ2) is 7.82. The first-order valence-electron chi connectivity index (χ1n) is 10.2. The fourth-order valence-electron chi connectivity index (χ4n) is 4.43. The van der Waals surface area contributed by atoms with E-state index in [4.69, 9.17) is 0 Å². The third-order valence-electron chi connectivity index (χ3n) is 5.77. The van der Waals surface area contributed by atoms with Crippen molar-refractivity contribution >= 4 is 34.9 Å². The zero-order chi connectivity index (χ0) is 19.6. The molecule has 0 spiro atoms. The van der Waals surface area contributed by atoms with Crippen molar-refractivity contribution in [2.24, 2.45) is 0 Å². The van der Waals surface area contributed by atoms with E-state index in [0.29, 0.717) is 0 Å². The zero-order valence-electron chi connectivity index (χ0n) is 16.3. The molecule has 0 heterocycles. The van der Waals surface area contributed by atoms with Gasteiger partial charge in [0, 0.05) is 17.7 Å². The van der Waals surface area contributed by atoms with Gasteiger partial charge in [0.15, 0.2) is 0 Å². The van der Waals surface area contributed by atoms with E-state index in [0.717, 1.165) is 0 Å². The van der Waals surface area contributed by atoms with E-state index in [1.165, 1.54) is 33.7 Å². The highest BCUT2D eigenvalue weighted by molar-refractivity contribution is 8.15. The summed E-state index contributed by atoms with van der Waals surface area (Å²) in [5.41, 5.74) is 0. The molecule has 4 aromatic carbocycles. The number of hydrogen-bond donors (Lipinski definition) is 0. The maximum atomic E-state index is 2.36. The standard InChI is InChI=1S/C27H24PS/c1-5-13-23(14-6-1)28(24-15-7-2-8-16-24,25-17-9-3-10-18-25)27(21-22-27)29-26-19-11-4-12-20-26/h1-20H,21-22H2/q+1. The predicted molar refractivity (Wildman–Crippen MR) is 129 cm³/mol. The van der Waals surface area contributed by atoms with Gasteiger partial charge in [-0.1, -0.05) is 84.6 Å². The molecule has 0 radical (unpaired) electrons. The lowest BCUT2D eigenvalue weighted by Gasteiger charge is -2.34. The van der Waals surface area contributed by atoms with Gasteiger partial charge in [-0.25, -0.2) is 0 Å². The van der Waals surface area contributed by atoms with E-state index in [2.05, 4.69) is 133 Å². The summed E-state index contributed by atoms with van der Waals surface area (Å²) in [4.78, 5) is 1.37. The quantitative estimate of drug-likeness (QED) is 0.337. The van der Waals surface area contributed by atoms with Crippen molar-refractivity contribution in [3.63, 3.8) is 0 Å². The molecule has 1 aliphatic carbocycles. The van der Waals surface area contributed by atoms with Gasteiger partial charge in [0.2, 0.25) is 0 Å². The summed E-state index contributed by atoms with van der Waals surface area (Å²) in [6, 6.07) is 44.8. The van der Waals surface area contributed by atoms with Crippen LogP contribution in [0.4, 0.5) is 0 Å². The van der Waals surface area contributed by atoms with Gasteiger partial charge < -0.3 is 0 Å². The fourth-order valence-corrected chi connectivity index (χ4v) is 12.2. The SMILES string of the molecule is c1ccc(SC2([P+](c3ccccc3)(c3ccccc3)c3ccccc3)CC2)cc1. The summed E-state index contributed by atoms with van der Waals surface area (Å²) < 4.78 is 0.207. The lowest BCUT2D eigenvalue weighted by molar-refractivity contribution is 1.32. The normalized spacial score (nSPS) is 15.0. The van der Waals surface area contributed by atoms with Gasteiger partial charge in [0.05, 0.1) is 0 Å². The van der Waals surface area contributed by atoms with Gasteiger partial charge in [0.1, 0.15) is 27.7 Å². The summed E-state index contributed by atoms with van der Waals surface area (Å²) >= 11 is 2.10. The van der Waals surface area contributed by atoms with Gasteiger partial charge >= 0.3 is 0 Å². The first-order chi connectivity index (χ1) is 14.4. The molecule has 29 heavy (non-hydrogen) atoms. The number of rotatable bonds is 6. The fraction of sp³-hybridized carbons (Fsp3) is 0.111. The molecule has 1 fully saturated rings. The number of benzene rings is 4. The molecule has 2 heteroatoms. The molecule has 0 nitrogen and oxygen atoms in total. The molecule has 142 valence electrons. The van der Waals surface area contributed by atoms with Crippen molar-refractivity contribution in [3.8, 4) is 0 Å². The van der Waals surface area contributed by atoms with Gasteiger partial charge in [-0.15, -0.1) is 0 Å². The summed E-state index contributed by atoms with van der Waals surface area (Å²) in [6.45, 7) is 0. The van der Waals surface area contributed by atoms with Crippen molar-refractivity contribution in [1.29, 1.82) is 0 Å². The van der Waals surface area contributed by atoms with Crippen LogP contribution in [0, 0.1) is 0 Å². The van der Waals surface area contributed by atoms with E-state index in [-0.39, 0.29) is 4.49 Å². The second-order valence-electron chi connectivity index (χ2n) is 7.54. The highest BCUT2D eigenvalue weighted by Crippen LogP contribution is 2.80. The Morgan fingerprint density at radius 3 is 1.17 bits per heavy atom. The molecule has 4 aromatic rings. The second-order valence-corrected chi connectivity index (χ2v) is 13.0. The topological polar surface area (TPSA) is 0 Å². The van der Waals surface area contributed by atoms with Crippen LogP contribution in [0.15, 0.2) is 126 Å². The lowest BCUT2D eigenvalue weighted by Crippen LogP contribution is -2.38. The van der Waals surface area contributed by atoms with Crippen LogP contribution in [0.2, 0.25) is 0 Å². The van der Waals surface area contributed by atoms with Gasteiger partial charge in [-0.3, -0.25) is 0 Å². The predicted octanol–water partition coefficient (Wildman–Crippen LogP) is 6.26. The molecule has 0 aromatic heterocycles. The van der Waals surface area contributed by atoms with E-state index in [9.17, 15) is 0 Å². The Morgan fingerprint density at radius 1 is 0.483 bits per heavy atom. The number of hydrogen-bond acceptors (Lipinski definition) is 1. The lowest BCUT2D eigenvalue weighted by atomic mass is 10.4. The molecule has 0 bridgehead atoms. The molecule has 0 amide bonds. The van der Waals surface area contributed by atoms with Crippen molar-refractivity contribution < 1.29 is 0 Å². The Labute approximate surface area is 178 Å². The van der Waals surface area contributed by atoms with E-state index >= 15 is 0 Å². The third kappa shape index (κ3) is 3.23. The van der Waals surface area contributed by atoms with Crippen molar-refractivity contribution in [1.82, 2.24) is 0 Å². The van der Waals surface area contributed by atoms with Crippen LogP contribution in [-0.4, -0.2) is 4.49 Å². The maximum absolute atomic E-state index is 2.36. The molecule has 1 saturated carbocycles. The molecule has 0 saturated heterocycles. The van der Waals surface area contributed by atoms with Gasteiger partial charge in [-0.05, 0) is 48.5 Å². The van der Waals surface area contributed by atoms with Crippen LogP contribution >= 0.6 is 19.0 Å². The van der Waals surface area contributed by atoms with Crippen LogP contribution in [0.5, 0.6) is 0 Å². The first kappa shape index (κ1) is 18.7. The van der Waals surface area contributed by atoms with Gasteiger partial charge in [-0.2, -0.15) is 0 Å². The Hall–Kier alpha value is -2.34. The molecule has 0 atom stereocenters.